The highest BCUT2D eigenvalue weighted by molar-refractivity contribution is 7.89. The van der Waals surface area contributed by atoms with E-state index in [1.54, 1.807) is 12.3 Å². The summed E-state index contributed by atoms with van der Waals surface area (Å²) in [4.78, 5) is 4.07. The van der Waals surface area contributed by atoms with E-state index in [9.17, 15) is 8.42 Å². The summed E-state index contributed by atoms with van der Waals surface area (Å²) in [5, 5.41) is 8.62. The Bertz CT molecular complexity index is 478. The molecule has 0 aliphatic rings. The minimum absolute atomic E-state index is 0.00206. The Morgan fingerprint density at radius 1 is 1.35 bits per heavy atom. The molecule has 2 N–H and O–H groups in total. The molecule has 0 spiro atoms. The van der Waals surface area contributed by atoms with E-state index in [-0.39, 0.29) is 23.5 Å². The molecule has 0 saturated carbocycles. The molecule has 17 heavy (non-hydrogen) atoms. The molecule has 1 aromatic heterocycles. The zero-order valence-corrected chi connectivity index (χ0v) is 11.1. The van der Waals surface area contributed by atoms with Crippen LogP contribution in [0.1, 0.15) is 26.3 Å². The zero-order valence-electron chi connectivity index (χ0n) is 10.3. The van der Waals surface area contributed by atoms with Crippen LogP contribution in [0.2, 0.25) is 0 Å². The molecule has 1 rings (SSSR count). The lowest BCUT2D eigenvalue weighted by molar-refractivity contribution is 0.301. The number of aliphatic hydroxyl groups is 1. The lowest BCUT2D eigenvalue weighted by atomic mass is 9.88. The van der Waals surface area contributed by atoms with E-state index in [1.807, 2.05) is 20.8 Å². The van der Waals surface area contributed by atoms with Gasteiger partial charge in [-0.3, -0.25) is 4.98 Å². The van der Waals surface area contributed by atoms with Gasteiger partial charge in [0.25, 0.3) is 0 Å². The van der Waals surface area contributed by atoms with E-state index in [4.69, 9.17) is 5.11 Å². The molecular formula is C11H18N2O3S. The van der Waals surface area contributed by atoms with Gasteiger partial charge in [-0.25, -0.2) is 13.1 Å². The van der Waals surface area contributed by atoms with Crippen LogP contribution in [0, 0.1) is 0 Å². The Kier molecular flexibility index (Phi) is 4.24. The van der Waals surface area contributed by atoms with Gasteiger partial charge in [0.05, 0.1) is 6.61 Å². The van der Waals surface area contributed by atoms with Crippen molar-refractivity contribution in [2.45, 2.75) is 31.1 Å². The summed E-state index contributed by atoms with van der Waals surface area (Å²) in [6, 6.07) is 1.60. The summed E-state index contributed by atoms with van der Waals surface area (Å²) in [6.07, 6.45) is 2.96. The van der Waals surface area contributed by atoms with Crippen LogP contribution >= 0.6 is 0 Å². The maximum Gasteiger partial charge on any atom is 0.242 e. The third-order valence-electron chi connectivity index (χ3n) is 2.29. The lowest BCUT2D eigenvalue weighted by Gasteiger charge is -2.19. The fourth-order valence-electron chi connectivity index (χ4n) is 1.24. The first kappa shape index (κ1) is 14.1. The van der Waals surface area contributed by atoms with Crippen molar-refractivity contribution in [1.29, 1.82) is 0 Å². The summed E-state index contributed by atoms with van der Waals surface area (Å²) < 4.78 is 25.9. The molecule has 0 aromatic carbocycles. The van der Waals surface area contributed by atoms with Crippen molar-refractivity contribution in [2.75, 3.05) is 13.2 Å². The quantitative estimate of drug-likeness (QED) is 0.831. The van der Waals surface area contributed by atoms with Crippen molar-refractivity contribution in [1.82, 2.24) is 9.71 Å². The van der Waals surface area contributed by atoms with Crippen LogP contribution < -0.4 is 4.72 Å². The number of aliphatic hydroxyl groups excluding tert-OH is 1. The van der Waals surface area contributed by atoms with Gasteiger partial charge in [-0.2, -0.15) is 0 Å². The van der Waals surface area contributed by atoms with Crippen LogP contribution in [0.3, 0.4) is 0 Å². The minimum atomic E-state index is -3.58. The van der Waals surface area contributed by atoms with Gasteiger partial charge in [0.15, 0.2) is 0 Å². The van der Waals surface area contributed by atoms with Crippen LogP contribution in [0.5, 0.6) is 0 Å². The van der Waals surface area contributed by atoms with E-state index < -0.39 is 10.0 Å². The summed E-state index contributed by atoms with van der Waals surface area (Å²) in [6.45, 7) is 5.73. The summed E-state index contributed by atoms with van der Waals surface area (Å²) >= 11 is 0. The average Bonchev–Trinajstić information content (AvgIpc) is 2.25. The first-order valence-electron chi connectivity index (χ1n) is 5.33. The Hall–Kier alpha value is -0.980. The minimum Gasteiger partial charge on any atom is -0.395 e. The maximum atomic E-state index is 11.8. The van der Waals surface area contributed by atoms with Crippen LogP contribution in [-0.4, -0.2) is 31.7 Å². The first-order valence-corrected chi connectivity index (χ1v) is 6.82. The lowest BCUT2D eigenvalue weighted by Crippen LogP contribution is -2.27. The Balaban J connectivity index is 3.08. The van der Waals surface area contributed by atoms with Gasteiger partial charge >= 0.3 is 0 Å². The number of rotatable bonds is 4. The van der Waals surface area contributed by atoms with Crippen LogP contribution in [-0.2, 0) is 15.4 Å². The first-order chi connectivity index (χ1) is 7.77. The van der Waals surface area contributed by atoms with Gasteiger partial charge in [-0.15, -0.1) is 0 Å². The Morgan fingerprint density at radius 3 is 2.53 bits per heavy atom. The number of nitrogens with zero attached hydrogens (tertiary/aromatic N) is 1. The van der Waals surface area contributed by atoms with Gasteiger partial charge in [0.1, 0.15) is 4.90 Å². The largest absolute Gasteiger partial charge is 0.395 e. The van der Waals surface area contributed by atoms with E-state index in [0.717, 1.165) is 5.56 Å². The third kappa shape index (κ3) is 3.76. The molecule has 0 aliphatic heterocycles. The van der Waals surface area contributed by atoms with Crippen LogP contribution in [0.25, 0.3) is 0 Å². The average molecular weight is 258 g/mol. The van der Waals surface area contributed by atoms with E-state index in [1.165, 1.54) is 6.20 Å². The molecule has 5 nitrogen and oxygen atoms in total. The van der Waals surface area contributed by atoms with Crippen molar-refractivity contribution in [2.24, 2.45) is 0 Å². The Morgan fingerprint density at radius 2 is 2.00 bits per heavy atom. The van der Waals surface area contributed by atoms with Crippen molar-refractivity contribution in [3.05, 3.63) is 24.0 Å². The number of pyridine rings is 1. The number of sulfonamides is 1. The molecule has 0 saturated heterocycles. The topological polar surface area (TPSA) is 79.3 Å². The second-order valence-corrected chi connectivity index (χ2v) is 6.55. The van der Waals surface area contributed by atoms with Crippen molar-refractivity contribution in [3.8, 4) is 0 Å². The highest BCUT2D eigenvalue weighted by Crippen LogP contribution is 2.23. The van der Waals surface area contributed by atoms with Crippen molar-refractivity contribution >= 4 is 10.0 Å². The van der Waals surface area contributed by atoms with E-state index in [2.05, 4.69) is 9.71 Å². The van der Waals surface area contributed by atoms with Crippen molar-refractivity contribution < 1.29 is 13.5 Å². The molecule has 0 fully saturated rings. The SMILES string of the molecule is CC(C)(C)c1cncc(S(=O)(=O)NCCO)c1. The Labute approximate surface area is 102 Å². The number of hydrogen-bond acceptors (Lipinski definition) is 4. The molecule has 96 valence electrons. The number of hydrogen-bond donors (Lipinski definition) is 2. The second-order valence-electron chi connectivity index (χ2n) is 4.78. The molecule has 0 bridgehead atoms. The summed E-state index contributed by atoms with van der Waals surface area (Å²) in [5.74, 6) is 0. The van der Waals surface area contributed by atoms with Crippen LogP contribution in [0.15, 0.2) is 23.4 Å². The smallest absolute Gasteiger partial charge is 0.242 e. The highest BCUT2D eigenvalue weighted by Gasteiger charge is 2.19. The molecule has 1 heterocycles. The molecule has 0 atom stereocenters. The normalized spacial score (nSPS) is 12.7. The monoisotopic (exact) mass is 258 g/mol. The predicted molar refractivity (Wildman–Crippen MR) is 65.2 cm³/mol. The summed E-state index contributed by atoms with van der Waals surface area (Å²) in [7, 11) is -3.58. The molecular weight excluding hydrogens is 240 g/mol. The maximum absolute atomic E-state index is 11.8. The van der Waals surface area contributed by atoms with Gasteiger partial charge in [0, 0.05) is 18.9 Å². The van der Waals surface area contributed by atoms with Gasteiger partial charge in [-0.1, -0.05) is 20.8 Å². The molecule has 0 radical (unpaired) electrons. The number of nitrogens with one attached hydrogen (secondary N) is 1. The number of aromatic nitrogens is 1. The van der Waals surface area contributed by atoms with Gasteiger partial charge in [-0.05, 0) is 17.0 Å². The van der Waals surface area contributed by atoms with Crippen molar-refractivity contribution in [3.63, 3.8) is 0 Å². The molecule has 0 amide bonds. The molecule has 1 aromatic rings. The molecule has 0 aliphatic carbocycles. The third-order valence-corrected chi connectivity index (χ3v) is 3.72. The zero-order chi connectivity index (χ0) is 13.1. The fraction of sp³-hybridized carbons (Fsp3) is 0.545. The second kappa shape index (κ2) is 5.12. The summed E-state index contributed by atoms with van der Waals surface area (Å²) in [5.41, 5.74) is 0.694. The van der Waals surface area contributed by atoms with Gasteiger partial charge in [0.2, 0.25) is 10.0 Å². The molecule has 6 heteroatoms. The highest BCUT2D eigenvalue weighted by atomic mass is 32.2. The standard InChI is InChI=1S/C11H18N2O3S/c1-11(2,3)9-6-10(8-12-7-9)17(15,16)13-4-5-14/h6-8,13-14H,4-5H2,1-3H3. The fourth-order valence-corrected chi connectivity index (χ4v) is 2.25. The molecule has 0 unspecified atom stereocenters. The predicted octanol–water partition coefficient (Wildman–Crippen LogP) is 0.650. The van der Waals surface area contributed by atoms with Gasteiger partial charge < -0.3 is 5.11 Å². The van der Waals surface area contributed by atoms with E-state index >= 15 is 0 Å². The van der Waals surface area contributed by atoms with E-state index in [0.29, 0.717) is 0 Å². The van der Waals surface area contributed by atoms with Crippen LogP contribution in [0.4, 0.5) is 0 Å².